The van der Waals surface area contributed by atoms with Crippen molar-refractivity contribution in [2.24, 2.45) is 0 Å². The van der Waals surface area contributed by atoms with Crippen LogP contribution in [-0.2, 0) is 0 Å². The van der Waals surface area contributed by atoms with Gasteiger partial charge in [-0.1, -0.05) is 19.1 Å². The molecule has 0 saturated heterocycles. The fourth-order valence-corrected chi connectivity index (χ4v) is 2.32. The lowest BCUT2D eigenvalue weighted by molar-refractivity contribution is 0.432. The number of benzene rings is 1. The summed E-state index contributed by atoms with van der Waals surface area (Å²) >= 11 is 3.31. The molecule has 0 aliphatic carbocycles. The summed E-state index contributed by atoms with van der Waals surface area (Å²) in [6.45, 7) is 4.76. The topological polar surface area (TPSA) is 25.2 Å². The zero-order valence-corrected chi connectivity index (χ0v) is 12.6. The van der Waals surface area contributed by atoms with Gasteiger partial charge in [-0.3, -0.25) is 0 Å². The Labute approximate surface area is 121 Å². The van der Waals surface area contributed by atoms with E-state index in [1.165, 1.54) is 6.07 Å². The van der Waals surface area contributed by atoms with Crippen LogP contribution in [-0.4, -0.2) is 6.54 Å². The summed E-state index contributed by atoms with van der Waals surface area (Å²) in [5, 5.41) is 3.42. The van der Waals surface area contributed by atoms with E-state index in [1.807, 2.05) is 18.2 Å². The molecule has 2 rings (SSSR count). The number of aryl methyl sites for hydroxylation is 1. The van der Waals surface area contributed by atoms with Gasteiger partial charge in [-0.15, -0.1) is 0 Å². The molecule has 0 bridgehead atoms. The van der Waals surface area contributed by atoms with Crippen molar-refractivity contribution in [1.29, 1.82) is 0 Å². The van der Waals surface area contributed by atoms with Crippen LogP contribution in [0.1, 0.15) is 36.3 Å². The molecular weight excluding hydrogens is 309 g/mol. The second-order valence-corrected chi connectivity index (χ2v) is 5.32. The number of halogens is 2. The predicted octanol–water partition coefficient (Wildman–Crippen LogP) is 4.58. The van der Waals surface area contributed by atoms with Crippen LogP contribution < -0.4 is 5.32 Å². The van der Waals surface area contributed by atoms with Gasteiger partial charge >= 0.3 is 0 Å². The van der Waals surface area contributed by atoms with E-state index in [4.69, 9.17) is 4.42 Å². The summed E-state index contributed by atoms with van der Waals surface area (Å²) in [7, 11) is 0. The van der Waals surface area contributed by atoms with Crippen LogP contribution in [0.4, 0.5) is 4.39 Å². The van der Waals surface area contributed by atoms with Crippen molar-refractivity contribution in [1.82, 2.24) is 5.32 Å². The number of hydrogen-bond acceptors (Lipinski definition) is 2. The van der Waals surface area contributed by atoms with Crippen LogP contribution >= 0.6 is 15.9 Å². The van der Waals surface area contributed by atoms with Crippen LogP contribution in [0.2, 0.25) is 0 Å². The number of rotatable bonds is 5. The van der Waals surface area contributed by atoms with Crippen molar-refractivity contribution in [3.8, 4) is 0 Å². The minimum Gasteiger partial charge on any atom is -0.452 e. The Kier molecular flexibility index (Phi) is 4.77. The Morgan fingerprint density at radius 3 is 2.68 bits per heavy atom. The molecule has 0 fully saturated rings. The van der Waals surface area contributed by atoms with Crippen molar-refractivity contribution in [2.45, 2.75) is 26.3 Å². The quantitative estimate of drug-likeness (QED) is 0.870. The molecule has 0 aliphatic heterocycles. The Morgan fingerprint density at radius 2 is 2.11 bits per heavy atom. The average molecular weight is 326 g/mol. The van der Waals surface area contributed by atoms with E-state index in [9.17, 15) is 4.39 Å². The molecule has 0 amide bonds. The maximum atomic E-state index is 13.4. The highest BCUT2D eigenvalue weighted by Crippen LogP contribution is 2.27. The molecule has 2 aromatic rings. The van der Waals surface area contributed by atoms with E-state index in [-0.39, 0.29) is 11.9 Å². The van der Waals surface area contributed by atoms with E-state index >= 15 is 0 Å². The van der Waals surface area contributed by atoms with E-state index in [1.54, 1.807) is 13.0 Å². The molecule has 1 atom stereocenters. The number of nitrogens with one attached hydrogen (secondary N) is 1. The SMILES string of the molecule is CCCNC(c1ccc(F)c(C)c1)c1ccc(Br)o1. The first kappa shape index (κ1) is 14.3. The Balaban J connectivity index is 2.33. The average Bonchev–Trinajstić information content (AvgIpc) is 2.80. The number of furan rings is 1. The van der Waals surface area contributed by atoms with E-state index in [0.717, 1.165) is 24.3 Å². The summed E-state index contributed by atoms with van der Waals surface area (Å²) in [5.74, 6) is 0.643. The van der Waals surface area contributed by atoms with Gasteiger partial charge in [-0.05, 0) is 65.1 Å². The third kappa shape index (κ3) is 3.45. The summed E-state index contributed by atoms with van der Waals surface area (Å²) in [4.78, 5) is 0. The van der Waals surface area contributed by atoms with Gasteiger partial charge in [0.1, 0.15) is 11.6 Å². The van der Waals surface area contributed by atoms with Gasteiger partial charge in [-0.2, -0.15) is 0 Å². The van der Waals surface area contributed by atoms with Gasteiger partial charge < -0.3 is 9.73 Å². The standard InChI is InChI=1S/C15H17BrFNO/c1-3-8-18-15(13-6-7-14(16)19-13)11-4-5-12(17)10(2)9-11/h4-7,9,15,18H,3,8H2,1-2H3. The van der Waals surface area contributed by atoms with Crippen molar-refractivity contribution >= 4 is 15.9 Å². The van der Waals surface area contributed by atoms with Crippen LogP contribution in [0.3, 0.4) is 0 Å². The first-order chi connectivity index (χ1) is 9.11. The van der Waals surface area contributed by atoms with E-state index in [0.29, 0.717) is 10.2 Å². The van der Waals surface area contributed by atoms with Crippen molar-refractivity contribution in [3.05, 3.63) is 57.7 Å². The van der Waals surface area contributed by atoms with Crippen molar-refractivity contribution < 1.29 is 8.81 Å². The highest BCUT2D eigenvalue weighted by atomic mass is 79.9. The van der Waals surface area contributed by atoms with Gasteiger partial charge in [-0.25, -0.2) is 4.39 Å². The second-order valence-electron chi connectivity index (χ2n) is 4.54. The maximum Gasteiger partial charge on any atom is 0.169 e. The molecular formula is C15H17BrFNO. The molecule has 1 aromatic heterocycles. The smallest absolute Gasteiger partial charge is 0.169 e. The monoisotopic (exact) mass is 325 g/mol. The molecule has 1 heterocycles. The Morgan fingerprint density at radius 1 is 1.32 bits per heavy atom. The summed E-state index contributed by atoms with van der Waals surface area (Å²) < 4.78 is 19.7. The van der Waals surface area contributed by atoms with Gasteiger partial charge in [0.05, 0.1) is 6.04 Å². The van der Waals surface area contributed by atoms with Crippen molar-refractivity contribution in [2.75, 3.05) is 6.54 Å². The molecule has 2 nitrogen and oxygen atoms in total. The lowest BCUT2D eigenvalue weighted by Gasteiger charge is -2.17. The molecule has 0 aliphatic rings. The minimum absolute atomic E-state index is 0.0504. The molecule has 102 valence electrons. The Hall–Kier alpha value is -1.13. The summed E-state index contributed by atoms with van der Waals surface area (Å²) in [6.07, 6.45) is 1.03. The zero-order valence-electron chi connectivity index (χ0n) is 11.0. The third-order valence-electron chi connectivity index (χ3n) is 2.99. The van der Waals surface area contributed by atoms with E-state index < -0.39 is 0 Å². The normalized spacial score (nSPS) is 12.6. The van der Waals surface area contributed by atoms with Crippen LogP contribution in [0.15, 0.2) is 39.4 Å². The molecule has 1 N–H and O–H groups in total. The van der Waals surface area contributed by atoms with Gasteiger partial charge in [0.15, 0.2) is 4.67 Å². The largest absolute Gasteiger partial charge is 0.452 e. The summed E-state index contributed by atoms with van der Waals surface area (Å²) in [5.41, 5.74) is 1.65. The predicted molar refractivity (Wildman–Crippen MR) is 77.7 cm³/mol. The first-order valence-corrected chi connectivity index (χ1v) is 7.15. The number of hydrogen-bond donors (Lipinski definition) is 1. The minimum atomic E-state index is -0.182. The highest BCUT2D eigenvalue weighted by Gasteiger charge is 2.17. The second kappa shape index (κ2) is 6.35. The fourth-order valence-electron chi connectivity index (χ4n) is 2.00. The lowest BCUT2D eigenvalue weighted by Crippen LogP contribution is -2.22. The van der Waals surface area contributed by atoms with Crippen molar-refractivity contribution in [3.63, 3.8) is 0 Å². The molecule has 1 aromatic carbocycles. The van der Waals surface area contributed by atoms with Crippen LogP contribution in [0, 0.1) is 12.7 Å². The summed E-state index contributed by atoms with van der Waals surface area (Å²) in [6, 6.07) is 8.90. The molecule has 4 heteroatoms. The van der Waals surface area contributed by atoms with Gasteiger partial charge in [0, 0.05) is 0 Å². The van der Waals surface area contributed by atoms with Crippen LogP contribution in [0.5, 0.6) is 0 Å². The molecule has 1 unspecified atom stereocenters. The van der Waals surface area contributed by atoms with Gasteiger partial charge in [0.2, 0.25) is 0 Å². The Bertz CT molecular complexity index is 553. The molecule has 0 saturated carbocycles. The van der Waals surface area contributed by atoms with Crippen LogP contribution in [0.25, 0.3) is 0 Å². The first-order valence-electron chi connectivity index (χ1n) is 6.36. The molecule has 0 radical (unpaired) electrons. The molecule has 19 heavy (non-hydrogen) atoms. The fraction of sp³-hybridized carbons (Fsp3) is 0.333. The molecule has 0 spiro atoms. The van der Waals surface area contributed by atoms with Gasteiger partial charge in [0.25, 0.3) is 0 Å². The highest BCUT2D eigenvalue weighted by molar-refractivity contribution is 9.10. The lowest BCUT2D eigenvalue weighted by atomic mass is 10.0. The third-order valence-corrected chi connectivity index (χ3v) is 3.42. The zero-order chi connectivity index (χ0) is 13.8. The van der Waals surface area contributed by atoms with E-state index in [2.05, 4.69) is 28.2 Å². The maximum absolute atomic E-state index is 13.4.